The minimum absolute atomic E-state index is 0.0136. The Morgan fingerprint density at radius 3 is 2.55 bits per heavy atom. The third-order valence-electron chi connectivity index (χ3n) is 5.20. The van der Waals surface area contributed by atoms with Gasteiger partial charge in [0, 0.05) is 18.2 Å². The van der Waals surface area contributed by atoms with Crippen molar-refractivity contribution in [1.29, 1.82) is 0 Å². The molecule has 31 heavy (non-hydrogen) atoms. The molecule has 1 aliphatic carbocycles. The van der Waals surface area contributed by atoms with Crippen LogP contribution in [0.2, 0.25) is 0 Å². The van der Waals surface area contributed by atoms with Gasteiger partial charge in [0.2, 0.25) is 0 Å². The van der Waals surface area contributed by atoms with Crippen LogP contribution in [0, 0.1) is 5.82 Å². The fraction of sp³-hybridized carbons (Fsp3) is 0.250. The molecule has 162 valence electrons. The first kappa shape index (κ1) is 21.8. The summed E-state index contributed by atoms with van der Waals surface area (Å²) in [6, 6.07) is 6.00. The Balaban J connectivity index is 1.68. The lowest BCUT2D eigenvalue weighted by Crippen LogP contribution is -2.42. The zero-order valence-corrected chi connectivity index (χ0v) is 16.7. The Morgan fingerprint density at radius 2 is 2.03 bits per heavy atom. The predicted molar refractivity (Wildman–Crippen MR) is 111 cm³/mol. The molecule has 0 unspecified atom stereocenters. The lowest BCUT2D eigenvalue weighted by Gasteiger charge is -2.41. The summed E-state index contributed by atoms with van der Waals surface area (Å²) in [7, 11) is 0. The molecule has 0 radical (unpaired) electrons. The van der Waals surface area contributed by atoms with Gasteiger partial charge in [0.05, 0.1) is 11.3 Å². The van der Waals surface area contributed by atoms with Crippen molar-refractivity contribution in [3.63, 3.8) is 0 Å². The molecule has 1 fully saturated rings. The topological polar surface area (TPSA) is 161 Å². The van der Waals surface area contributed by atoms with Crippen molar-refractivity contribution in [2.24, 2.45) is 11.6 Å². The van der Waals surface area contributed by atoms with Crippen LogP contribution in [0.3, 0.4) is 0 Å². The Kier molecular flexibility index (Phi) is 6.55. The summed E-state index contributed by atoms with van der Waals surface area (Å²) >= 11 is 0. The Labute approximate surface area is 178 Å². The van der Waals surface area contributed by atoms with Crippen LogP contribution in [0.5, 0.6) is 0 Å². The molecule has 2 aromatic heterocycles. The number of hydrogen-bond donors (Lipinski definition) is 5. The Morgan fingerprint density at radius 1 is 1.26 bits per heavy atom. The maximum absolute atomic E-state index is 14.2. The molecule has 0 aromatic carbocycles. The van der Waals surface area contributed by atoms with Crippen molar-refractivity contribution >= 4 is 17.6 Å². The van der Waals surface area contributed by atoms with Crippen molar-refractivity contribution in [3.8, 4) is 0 Å². The molecule has 0 atom stereocenters. The van der Waals surface area contributed by atoms with Crippen molar-refractivity contribution < 1.29 is 14.0 Å². The summed E-state index contributed by atoms with van der Waals surface area (Å²) in [5.41, 5.74) is 7.35. The number of amides is 2. The van der Waals surface area contributed by atoms with Gasteiger partial charge in [-0.3, -0.25) is 14.6 Å². The van der Waals surface area contributed by atoms with E-state index in [1.165, 1.54) is 12.1 Å². The van der Waals surface area contributed by atoms with Gasteiger partial charge in [-0.1, -0.05) is 19.1 Å². The average molecular weight is 426 g/mol. The molecule has 10 nitrogen and oxygen atoms in total. The number of anilines is 1. The molecule has 0 aliphatic heterocycles. The van der Waals surface area contributed by atoms with E-state index in [9.17, 15) is 14.0 Å². The summed E-state index contributed by atoms with van der Waals surface area (Å²) in [5.74, 6) is 3.86. The number of aromatic nitrogens is 3. The van der Waals surface area contributed by atoms with E-state index < -0.39 is 17.2 Å². The number of hydrogen-bond acceptors (Lipinski definition) is 8. The standard InChI is InChI=1S/C20H23FN8O2/c1-2-12(17(22)30)18(27-23)26-19(31)14-6-7-15(29-28-14)25-11-20(8-4-9-20)16-13(21)5-3-10-24-16/h2-3,5-7,10,27H,1,4,8-9,11,23H2,(H2,22,30)(H,25,29)(H,26,31)/b18-12+. The van der Waals surface area contributed by atoms with Gasteiger partial charge < -0.3 is 21.8 Å². The lowest BCUT2D eigenvalue weighted by atomic mass is 9.66. The van der Waals surface area contributed by atoms with Crippen molar-refractivity contribution in [2.45, 2.75) is 24.7 Å². The molecular formula is C20H23FN8O2. The number of halogens is 1. The fourth-order valence-electron chi connectivity index (χ4n) is 3.37. The van der Waals surface area contributed by atoms with E-state index >= 15 is 0 Å². The first-order valence-corrected chi connectivity index (χ1v) is 9.53. The fourth-order valence-corrected chi connectivity index (χ4v) is 3.37. The van der Waals surface area contributed by atoms with Crippen molar-refractivity contribution in [3.05, 3.63) is 71.7 Å². The molecule has 2 amide bonds. The highest BCUT2D eigenvalue weighted by Gasteiger charge is 2.41. The molecule has 0 saturated heterocycles. The maximum Gasteiger partial charge on any atom is 0.277 e. The summed E-state index contributed by atoms with van der Waals surface area (Å²) in [6.07, 6.45) is 5.37. The third kappa shape index (κ3) is 4.67. The first-order chi connectivity index (χ1) is 14.9. The molecule has 1 saturated carbocycles. The molecule has 7 N–H and O–H groups in total. The van der Waals surface area contributed by atoms with Gasteiger partial charge in [-0.25, -0.2) is 10.2 Å². The second-order valence-corrected chi connectivity index (χ2v) is 7.08. The highest BCUT2D eigenvalue weighted by molar-refractivity contribution is 5.98. The minimum atomic E-state index is -0.817. The molecule has 1 aliphatic rings. The van der Waals surface area contributed by atoms with Crippen molar-refractivity contribution in [1.82, 2.24) is 25.9 Å². The number of carbonyl (C=O) groups excluding carboxylic acids is 2. The van der Waals surface area contributed by atoms with E-state index in [0.717, 1.165) is 25.3 Å². The van der Waals surface area contributed by atoms with Gasteiger partial charge in [0.15, 0.2) is 5.69 Å². The Hall–Kier alpha value is -3.86. The first-order valence-electron chi connectivity index (χ1n) is 9.53. The summed E-state index contributed by atoms with van der Waals surface area (Å²) in [6.45, 7) is 3.89. The van der Waals surface area contributed by atoms with Crippen LogP contribution in [0.25, 0.3) is 0 Å². The normalized spacial score (nSPS) is 15.2. The molecule has 2 aromatic rings. The number of carbonyl (C=O) groups is 2. The number of rotatable bonds is 9. The maximum atomic E-state index is 14.2. The van der Waals surface area contributed by atoms with Crippen LogP contribution in [-0.4, -0.2) is 33.5 Å². The quantitative estimate of drug-likeness (QED) is 0.169. The minimum Gasteiger partial charge on any atom is -0.368 e. The van der Waals surface area contributed by atoms with Crippen LogP contribution >= 0.6 is 0 Å². The van der Waals surface area contributed by atoms with Crippen molar-refractivity contribution in [2.75, 3.05) is 11.9 Å². The smallest absolute Gasteiger partial charge is 0.277 e. The molecule has 0 spiro atoms. The van der Waals surface area contributed by atoms with Crippen LogP contribution in [-0.2, 0) is 10.2 Å². The number of nitrogens with one attached hydrogen (secondary N) is 3. The summed E-state index contributed by atoms with van der Waals surface area (Å²) < 4.78 is 14.2. The predicted octanol–water partition coefficient (Wildman–Crippen LogP) is 0.621. The van der Waals surface area contributed by atoms with Crippen LogP contribution in [0.15, 0.2) is 54.5 Å². The van der Waals surface area contributed by atoms with Gasteiger partial charge in [-0.15, -0.1) is 10.2 Å². The van der Waals surface area contributed by atoms with Gasteiger partial charge in [0.1, 0.15) is 17.5 Å². The molecule has 3 rings (SSSR count). The summed E-state index contributed by atoms with van der Waals surface area (Å²) in [4.78, 5) is 28.0. The van der Waals surface area contributed by atoms with Gasteiger partial charge in [-0.2, -0.15) is 0 Å². The second kappa shape index (κ2) is 9.30. The zero-order valence-electron chi connectivity index (χ0n) is 16.7. The average Bonchev–Trinajstić information content (AvgIpc) is 2.74. The number of hydrazine groups is 1. The van der Waals surface area contributed by atoms with E-state index in [2.05, 4.69) is 37.8 Å². The van der Waals surface area contributed by atoms with Gasteiger partial charge in [0.25, 0.3) is 11.8 Å². The van der Waals surface area contributed by atoms with Crippen LogP contribution < -0.4 is 27.6 Å². The number of nitrogens with two attached hydrogens (primary N) is 2. The van der Waals surface area contributed by atoms with E-state index in [0.29, 0.717) is 18.1 Å². The highest BCUT2D eigenvalue weighted by atomic mass is 19.1. The third-order valence-corrected chi connectivity index (χ3v) is 5.20. The number of primary amides is 1. The van der Waals surface area contributed by atoms with Crippen LogP contribution in [0.4, 0.5) is 10.2 Å². The van der Waals surface area contributed by atoms with Gasteiger partial charge in [-0.05, 0) is 37.1 Å². The SMILES string of the molecule is C=C/C(C(N)=O)=C(\NN)NC(=O)c1ccc(NCC2(c3ncccc3F)CCC2)nn1. The van der Waals surface area contributed by atoms with E-state index in [4.69, 9.17) is 11.6 Å². The zero-order chi connectivity index (χ0) is 22.4. The van der Waals surface area contributed by atoms with E-state index in [1.807, 2.05) is 0 Å². The molecule has 2 heterocycles. The van der Waals surface area contributed by atoms with Crippen LogP contribution in [0.1, 0.15) is 35.4 Å². The Bertz CT molecular complexity index is 1020. The van der Waals surface area contributed by atoms with E-state index in [1.54, 1.807) is 18.3 Å². The monoisotopic (exact) mass is 426 g/mol. The summed E-state index contributed by atoms with van der Waals surface area (Å²) in [5, 5.41) is 13.4. The number of nitrogens with zero attached hydrogens (tertiary/aromatic N) is 3. The molecule has 0 bridgehead atoms. The molecule has 11 heteroatoms. The number of pyridine rings is 1. The lowest BCUT2D eigenvalue weighted by molar-refractivity contribution is -0.114. The van der Waals surface area contributed by atoms with Gasteiger partial charge >= 0.3 is 0 Å². The molecular weight excluding hydrogens is 403 g/mol. The second-order valence-electron chi connectivity index (χ2n) is 7.08. The largest absolute Gasteiger partial charge is 0.368 e. The van der Waals surface area contributed by atoms with E-state index in [-0.39, 0.29) is 22.9 Å². The highest BCUT2D eigenvalue weighted by Crippen LogP contribution is 2.43.